The fourth-order valence-electron chi connectivity index (χ4n) is 10.9. The molecule has 0 bridgehead atoms. The number of aliphatic hydroxyl groups excluding tert-OH is 2. The highest BCUT2D eigenvalue weighted by molar-refractivity contribution is 5.76. The highest BCUT2D eigenvalue weighted by Gasteiger charge is 2.18. The Morgan fingerprint density at radius 1 is 0.354 bits per heavy atom. The molecule has 0 aromatic carbocycles. The fraction of sp³-hybridized carbons (Fsp3) is 0.863. The van der Waals surface area contributed by atoms with Crippen molar-refractivity contribution < 1.29 is 24.5 Å². The number of nitrogens with one attached hydrogen (secondary N) is 1. The molecule has 0 heterocycles. The summed E-state index contributed by atoms with van der Waals surface area (Å²) in [6.45, 7) is 4.86. The molecule has 0 aliphatic rings. The quantitative estimate of drug-likeness (QED) is 0.0320. The van der Waals surface area contributed by atoms with Gasteiger partial charge in [-0.15, -0.1) is 0 Å². The van der Waals surface area contributed by atoms with Gasteiger partial charge in [-0.05, 0) is 83.5 Å². The SMILES string of the molecule is CCC/C=C\C/C=C\CCCCCCCC(=O)OCCCCCCCCCCCCCC/C=C\CCCCCCCCCCCCCCCCCC(=O)NC(CO)C(O)/C=C/CCCCCCCCCCCCCCCCCC. The van der Waals surface area contributed by atoms with Crippen molar-refractivity contribution in [1.29, 1.82) is 0 Å². The first-order chi connectivity index (χ1) is 39.0. The summed E-state index contributed by atoms with van der Waals surface area (Å²) in [5.41, 5.74) is 0. The third kappa shape index (κ3) is 64.8. The van der Waals surface area contributed by atoms with Crippen LogP contribution in [0.1, 0.15) is 380 Å². The number of amides is 1. The van der Waals surface area contributed by atoms with Crippen molar-refractivity contribution in [1.82, 2.24) is 5.32 Å². The largest absolute Gasteiger partial charge is 0.466 e. The van der Waals surface area contributed by atoms with Crippen LogP contribution in [0.4, 0.5) is 0 Å². The van der Waals surface area contributed by atoms with Crippen molar-refractivity contribution in [3.05, 3.63) is 48.6 Å². The Bertz CT molecular complexity index is 1320. The van der Waals surface area contributed by atoms with Crippen LogP contribution in [0, 0.1) is 0 Å². The van der Waals surface area contributed by atoms with Gasteiger partial charge in [-0.2, -0.15) is 0 Å². The maximum atomic E-state index is 12.5. The Hall–Kier alpha value is -2.18. The number of allylic oxidation sites excluding steroid dienone is 7. The van der Waals surface area contributed by atoms with E-state index in [0.29, 0.717) is 19.4 Å². The van der Waals surface area contributed by atoms with Gasteiger partial charge in [0, 0.05) is 12.8 Å². The molecule has 0 aromatic rings. The molecule has 0 aliphatic carbocycles. The second-order valence-electron chi connectivity index (χ2n) is 24.2. The van der Waals surface area contributed by atoms with Crippen LogP contribution in [-0.2, 0) is 14.3 Å². The van der Waals surface area contributed by atoms with E-state index in [-0.39, 0.29) is 18.5 Å². The van der Waals surface area contributed by atoms with E-state index in [9.17, 15) is 19.8 Å². The van der Waals surface area contributed by atoms with Crippen molar-refractivity contribution in [2.45, 2.75) is 392 Å². The molecule has 0 spiro atoms. The third-order valence-corrected chi connectivity index (χ3v) is 16.3. The van der Waals surface area contributed by atoms with Gasteiger partial charge in [0.15, 0.2) is 0 Å². The standard InChI is InChI=1S/C73H137NO5/c1-3-5-7-9-11-13-15-17-18-19-35-38-42-45-49-53-57-61-65-71(76)70(69-75)74-72(77)66-62-58-54-50-46-43-39-36-33-31-29-27-25-23-21-20-22-24-26-28-30-32-34-37-40-44-48-52-56-60-64-68-79-73(78)67-63-59-55-51-47-41-16-14-12-10-8-6-4-2/h8,10,14,16,22,24,61,65,70-71,75-76H,3-7,9,11-13,15,17-21,23,25-60,62-64,66-69H2,1-2H3,(H,74,77)/b10-8-,16-14-,24-22-,65-61+. The number of ether oxygens (including phenoxy) is 1. The smallest absolute Gasteiger partial charge is 0.305 e. The van der Waals surface area contributed by atoms with E-state index in [1.807, 2.05) is 6.08 Å². The zero-order valence-corrected chi connectivity index (χ0v) is 53.1. The minimum absolute atomic E-state index is 0.00199. The Kier molecular flexibility index (Phi) is 66.4. The first-order valence-corrected chi connectivity index (χ1v) is 35.4. The zero-order chi connectivity index (χ0) is 57.1. The summed E-state index contributed by atoms with van der Waals surface area (Å²) in [7, 11) is 0. The predicted octanol–water partition coefficient (Wildman–Crippen LogP) is 22.9. The molecule has 464 valence electrons. The molecule has 2 unspecified atom stereocenters. The zero-order valence-electron chi connectivity index (χ0n) is 53.1. The Morgan fingerprint density at radius 3 is 1.03 bits per heavy atom. The average molecular weight is 1110 g/mol. The molecule has 3 N–H and O–H groups in total. The van der Waals surface area contributed by atoms with E-state index in [0.717, 1.165) is 51.4 Å². The van der Waals surface area contributed by atoms with Crippen molar-refractivity contribution >= 4 is 11.9 Å². The van der Waals surface area contributed by atoms with Gasteiger partial charge in [0.1, 0.15) is 0 Å². The number of carbonyl (C=O) groups is 2. The van der Waals surface area contributed by atoms with Crippen molar-refractivity contribution in [3.63, 3.8) is 0 Å². The van der Waals surface area contributed by atoms with Crippen LogP contribution >= 0.6 is 0 Å². The lowest BCUT2D eigenvalue weighted by Crippen LogP contribution is -2.45. The summed E-state index contributed by atoms with van der Waals surface area (Å²) < 4.78 is 5.47. The maximum Gasteiger partial charge on any atom is 0.305 e. The highest BCUT2D eigenvalue weighted by atomic mass is 16.5. The van der Waals surface area contributed by atoms with E-state index in [1.54, 1.807) is 6.08 Å². The fourth-order valence-corrected chi connectivity index (χ4v) is 10.9. The molecule has 0 saturated carbocycles. The molecule has 79 heavy (non-hydrogen) atoms. The lowest BCUT2D eigenvalue weighted by atomic mass is 10.0. The van der Waals surface area contributed by atoms with E-state index < -0.39 is 12.1 Å². The number of carbonyl (C=O) groups excluding carboxylic acids is 2. The van der Waals surface area contributed by atoms with Gasteiger partial charge in [-0.3, -0.25) is 9.59 Å². The van der Waals surface area contributed by atoms with Crippen LogP contribution in [0.25, 0.3) is 0 Å². The summed E-state index contributed by atoms with van der Waals surface area (Å²) in [6.07, 6.45) is 89.1. The number of unbranched alkanes of at least 4 members (excludes halogenated alkanes) is 49. The highest BCUT2D eigenvalue weighted by Crippen LogP contribution is 2.18. The molecule has 2 atom stereocenters. The van der Waals surface area contributed by atoms with Crippen LogP contribution in [0.5, 0.6) is 0 Å². The first kappa shape index (κ1) is 76.8. The summed E-state index contributed by atoms with van der Waals surface area (Å²) in [5, 5.41) is 23.2. The van der Waals surface area contributed by atoms with Gasteiger partial charge < -0.3 is 20.3 Å². The summed E-state index contributed by atoms with van der Waals surface area (Å²) in [6, 6.07) is -0.627. The molecule has 1 amide bonds. The lowest BCUT2D eigenvalue weighted by molar-refractivity contribution is -0.143. The van der Waals surface area contributed by atoms with Gasteiger partial charge in [-0.25, -0.2) is 0 Å². The van der Waals surface area contributed by atoms with Crippen LogP contribution in [0.15, 0.2) is 48.6 Å². The second kappa shape index (κ2) is 68.3. The van der Waals surface area contributed by atoms with Crippen LogP contribution < -0.4 is 5.32 Å². The molecule has 0 aliphatic heterocycles. The second-order valence-corrected chi connectivity index (χ2v) is 24.2. The van der Waals surface area contributed by atoms with Gasteiger partial charge in [0.2, 0.25) is 5.91 Å². The Morgan fingerprint density at radius 2 is 0.658 bits per heavy atom. The minimum atomic E-state index is -0.844. The molecule has 0 fully saturated rings. The molecule has 0 rings (SSSR count). The molecule has 0 radical (unpaired) electrons. The Labute approximate surface area is 493 Å². The van der Waals surface area contributed by atoms with Crippen LogP contribution in [-0.4, -0.2) is 47.4 Å². The first-order valence-electron chi connectivity index (χ1n) is 35.4. The van der Waals surface area contributed by atoms with E-state index in [4.69, 9.17) is 4.74 Å². The van der Waals surface area contributed by atoms with Gasteiger partial charge in [0.05, 0.1) is 25.4 Å². The number of aliphatic hydroxyl groups is 2. The number of hydrogen-bond acceptors (Lipinski definition) is 5. The van der Waals surface area contributed by atoms with Crippen LogP contribution in [0.2, 0.25) is 0 Å². The van der Waals surface area contributed by atoms with Gasteiger partial charge >= 0.3 is 5.97 Å². The van der Waals surface area contributed by atoms with Gasteiger partial charge in [0.25, 0.3) is 0 Å². The van der Waals surface area contributed by atoms with E-state index in [2.05, 4.69) is 55.6 Å². The lowest BCUT2D eigenvalue weighted by Gasteiger charge is -2.20. The predicted molar refractivity (Wildman–Crippen MR) is 347 cm³/mol. The van der Waals surface area contributed by atoms with E-state index >= 15 is 0 Å². The Balaban J connectivity index is 3.39. The minimum Gasteiger partial charge on any atom is -0.466 e. The molecule has 6 heteroatoms. The maximum absolute atomic E-state index is 12.5. The molecule has 6 nitrogen and oxygen atoms in total. The molecular formula is C73H137NO5. The van der Waals surface area contributed by atoms with Gasteiger partial charge in [-0.1, -0.05) is 332 Å². The topological polar surface area (TPSA) is 95.9 Å². The number of hydrogen-bond donors (Lipinski definition) is 3. The monoisotopic (exact) mass is 1110 g/mol. The summed E-state index contributed by atoms with van der Waals surface area (Å²) in [5.74, 6) is -0.0612. The van der Waals surface area contributed by atoms with Crippen molar-refractivity contribution in [2.24, 2.45) is 0 Å². The molecule has 0 aromatic heterocycles. The van der Waals surface area contributed by atoms with Crippen molar-refractivity contribution in [3.8, 4) is 0 Å². The molecular weight excluding hydrogens is 971 g/mol. The summed E-state index contributed by atoms with van der Waals surface area (Å²) >= 11 is 0. The third-order valence-electron chi connectivity index (χ3n) is 16.3. The van der Waals surface area contributed by atoms with Crippen LogP contribution in [0.3, 0.4) is 0 Å². The van der Waals surface area contributed by atoms with E-state index in [1.165, 1.54) is 302 Å². The number of rotatable bonds is 66. The van der Waals surface area contributed by atoms with Crippen molar-refractivity contribution in [2.75, 3.05) is 13.2 Å². The summed E-state index contributed by atoms with van der Waals surface area (Å²) in [4.78, 5) is 24.5. The molecule has 0 saturated heterocycles. The number of esters is 1. The normalized spacial score (nSPS) is 12.8. The average Bonchev–Trinajstić information content (AvgIpc) is 3.45.